The van der Waals surface area contributed by atoms with Gasteiger partial charge >= 0.3 is 0 Å². The van der Waals surface area contributed by atoms with Crippen molar-refractivity contribution in [3.8, 4) is 5.75 Å². The van der Waals surface area contributed by atoms with Gasteiger partial charge in [0.15, 0.2) is 0 Å². The second-order valence-electron chi connectivity index (χ2n) is 8.08. The van der Waals surface area contributed by atoms with E-state index in [2.05, 4.69) is 18.7 Å². The molecule has 1 amide bonds. The third kappa shape index (κ3) is 3.14. The maximum absolute atomic E-state index is 11.2. The van der Waals surface area contributed by atoms with Gasteiger partial charge in [0.2, 0.25) is 5.91 Å². The van der Waals surface area contributed by atoms with Gasteiger partial charge in [-0.3, -0.25) is 9.69 Å². The molecule has 0 saturated carbocycles. The molecule has 6 heteroatoms. The van der Waals surface area contributed by atoms with Gasteiger partial charge in [-0.05, 0) is 50.8 Å². The van der Waals surface area contributed by atoms with Crippen LogP contribution in [0, 0.1) is 11.8 Å². The number of primary amides is 1. The normalized spacial score (nSPS) is 33.6. The minimum atomic E-state index is -0.303. The number of nitrogens with two attached hydrogens (primary N) is 1. The highest BCUT2D eigenvalue weighted by atomic mass is 35.5. The molecule has 0 radical (unpaired) electrons. The molecule has 0 unspecified atom stereocenters. The topological polar surface area (TPSA) is 64.8 Å². The Balaban J connectivity index is 1.60. The number of benzene rings is 1. The molecule has 4 rings (SSSR count). The van der Waals surface area contributed by atoms with Crippen molar-refractivity contribution < 1.29 is 14.3 Å². The highest BCUT2D eigenvalue weighted by molar-refractivity contribution is 6.30. The highest BCUT2D eigenvalue weighted by Crippen LogP contribution is 2.53. The summed E-state index contributed by atoms with van der Waals surface area (Å²) in [5.74, 6) is 1.27. The van der Waals surface area contributed by atoms with Crippen molar-refractivity contribution in [1.29, 1.82) is 0 Å². The van der Waals surface area contributed by atoms with E-state index >= 15 is 0 Å². The first kappa shape index (κ1) is 17.1. The van der Waals surface area contributed by atoms with Crippen molar-refractivity contribution in [2.45, 2.75) is 44.5 Å². The van der Waals surface area contributed by atoms with Crippen LogP contribution in [-0.2, 0) is 9.53 Å². The van der Waals surface area contributed by atoms with Gasteiger partial charge in [-0.25, -0.2) is 0 Å². The molecule has 1 aromatic carbocycles. The summed E-state index contributed by atoms with van der Waals surface area (Å²) in [6.07, 6.45) is 2.18. The zero-order valence-corrected chi connectivity index (χ0v) is 15.5. The summed E-state index contributed by atoms with van der Waals surface area (Å²) in [4.78, 5) is 13.4. The third-order valence-corrected chi connectivity index (χ3v) is 6.15. The maximum Gasteiger partial charge on any atom is 0.231 e. The molecule has 2 fully saturated rings. The Bertz CT molecular complexity index is 693. The van der Waals surface area contributed by atoms with Crippen LogP contribution in [0.25, 0.3) is 0 Å². The lowest BCUT2D eigenvalue weighted by atomic mass is 9.70. The van der Waals surface area contributed by atoms with E-state index in [4.69, 9.17) is 26.8 Å². The van der Waals surface area contributed by atoms with E-state index in [1.54, 1.807) is 0 Å². The van der Waals surface area contributed by atoms with Crippen LogP contribution >= 0.6 is 11.6 Å². The molecule has 0 aliphatic carbocycles. The lowest BCUT2D eigenvalue weighted by Crippen LogP contribution is -2.55. The number of piperidine rings is 1. The zero-order chi connectivity index (χ0) is 17.8. The number of likely N-dealkylation sites (tertiary alicyclic amines) is 1. The molecule has 0 bridgehead atoms. The first-order valence-electron chi connectivity index (χ1n) is 8.98. The summed E-state index contributed by atoms with van der Waals surface area (Å²) >= 11 is 6.22. The van der Waals surface area contributed by atoms with Crippen molar-refractivity contribution in [3.63, 3.8) is 0 Å². The van der Waals surface area contributed by atoms with Gasteiger partial charge in [-0.1, -0.05) is 11.6 Å². The number of amides is 1. The maximum atomic E-state index is 11.2. The number of rotatable bonds is 2. The molecule has 3 heterocycles. The number of carbonyl (C=O) groups is 1. The summed E-state index contributed by atoms with van der Waals surface area (Å²) in [7, 11) is 0. The van der Waals surface area contributed by atoms with Gasteiger partial charge in [-0.15, -0.1) is 0 Å². The zero-order valence-electron chi connectivity index (χ0n) is 14.7. The monoisotopic (exact) mass is 364 g/mol. The van der Waals surface area contributed by atoms with E-state index < -0.39 is 0 Å². The number of hydrogen-bond acceptors (Lipinski definition) is 4. The molecule has 2 saturated heterocycles. The largest absolute Gasteiger partial charge is 0.487 e. The fraction of sp³-hybridized carbons (Fsp3) is 0.632. The van der Waals surface area contributed by atoms with E-state index in [1.165, 1.54) is 0 Å². The molecule has 3 aliphatic rings. The van der Waals surface area contributed by atoms with Crippen molar-refractivity contribution in [2.24, 2.45) is 17.6 Å². The van der Waals surface area contributed by atoms with Gasteiger partial charge in [-0.2, -0.15) is 0 Å². The van der Waals surface area contributed by atoms with Crippen LogP contribution in [0.15, 0.2) is 18.2 Å². The smallest absolute Gasteiger partial charge is 0.231 e. The lowest BCUT2D eigenvalue weighted by Gasteiger charge is -2.53. The van der Waals surface area contributed by atoms with E-state index in [0.717, 1.165) is 37.2 Å². The fourth-order valence-corrected chi connectivity index (χ4v) is 4.90. The van der Waals surface area contributed by atoms with Gasteiger partial charge < -0.3 is 15.2 Å². The summed E-state index contributed by atoms with van der Waals surface area (Å²) in [5.41, 5.74) is 6.13. The second-order valence-corrected chi connectivity index (χ2v) is 8.51. The van der Waals surface area contributed by atoms with E-state index in [9.17, 15) is 4.79 Å². The Morgan fingerprint density at radius 3 is 3.00 bits per heavy atom. The molecule has 3 aliphatic heterocycles. The molecule has 25 heavy (non-hydrogen) atoms. The van der Waals surface area contributed by atoms with Crippen LogP contribution in [0.4, 0.5) is 0 Å². The quantitative estimate of drug-likeness (QED) is 0.876. The number of fused-ring (bicyclic) bond motifs is 4. The first-order valence-corrected chi connectivity index (χ1v) is 9.36. The van der Waals surface area contributed by atoms with Crippen LogP contribution < -0.4 is 10.5 Å². The standard InChI is InChI=1S/C19H25ClN2O3/c1-19(2)14-7-11-9-22(10-17(21)23)6-5-15(11)24-18(14)13-8-12(20)3-4-16(13)25-19/h3-4,8,11,14-15,18H,5-7,9-10H2,1-2H3,(H2,21,23)/t11-,14-,15-,18+/m0/s1. The average Bonchev–Trinajstić information content (AvgIpc) is 2.54. The van der Waals surface area contributed by atoms with E-state index in [0.29, 0.717) is 17.5 Å². The van der Waals surface area contributed by atoms with Crippen molar-refractivity contribution in [2.75, 3.05) is 19.6 Å². The van der Waals surface area contributed by atoms with E-state index in [1.807, 2.05) is 18.2 Å². The van der Waals surface area contributed by atoms with Crippen LogP contribution in [0.2, 0.25) is 5.02 Å². The number of nitrogens with zero attached hydrogens (tertiary/aromatic N) is 1. The van der Waals surface area contributed by atoms with Gasteiger partial charge in [0, 0.05) is 29.6 Å². The molecule has 5 nitrogen and oxygen atoms in total. The molecule has 0 aromatic heterocycles. The Morgan fingerprint density at radius 1 is 1.44 bits per heavy atom. The van der Waals surface area contributed by atoms with Crippen LogP contribution in [0.5, 0.6) is 5.75 Å². The second kappa shape index (κ2) is 6.15. The molecule has 2 N–H and O–H groups in total. The van der Waals surface area contributed by atoms with Crippen molar-refractivity contribution >= 4 is 17.5 Å². The molecular formula is C19H25ClN2O3. The molecule has 136 valence electrons. The minimum Gasteiger partial charge on any atom is -0.487 e. The van der Waals surface area contributed by atoms with Crippen molar-refractivity contribution in [1.82, 2.24) is 4.90 Å². The molecular weight excluding hydrogens is 340 g/mol. The number of carbonyl (C=O) groups excluding carboxylic acids is 1. The van der Waals surface area contributed by atoms with Gasteiger partial charge in [0.05, 0.1) is 18.8 Å². The van der Waals surface area contributed by atoms with Gasteiger partial charge in [0.1, 0.15) is 11.4 Å². The lowest BCUT2D eigenvalue weighted by molar-refractivity contribution is -0.187. The predicted molar refractivity (Wildman–Crippen MR) is 95.6 cm³/mol. The SMILES string of the molecule is CC1(C)Oc2ccc(Cl)cc2[C@H]2O[C@H]3CCN(CC(N)=O)C[C@@H]3C[C@@H]21. The number of ether oxygens (including phenoxy) is 2. The number of hydrogen-bond donors (Lipinski definition) is 1. The summed E-state index contributed by atoms with van der Waals surface area (Å²) in [6, 6.07) is 5.79. The third-order valence-electron chi connectivity index (χ3n) is 5.92. The Hall–Kier alpha value is -1.30. The number of halogens is 1. The Kier molecular flexibility index (Phi) is 4.21. The average molecular weight is 365 g/mol. The molecule has 0 spiro atoms. The van der Waals surface area contributed by atoms with Crippen LogP contribution in [0.3, 0.4) is 0 Å². The Labute approximate surface area is 153 Å². The minimum absolute atomic E-state index is 0.0152. The summed E-state index contributed by atoms with van der Waals surface area (Å²) in [6.45, 7) is 6.31. The predicted octanol–water partition coefficient (Wildman–Crippen LogP) is 2.76. The van der Waals surface area contributed by atoms with Crippen LogP contribution in [-0.4, -0.2) is 42.1 Å². The summed E-state index contributed by atoms with van der Waals surface area (Å²) < 4.78 is 12.9. The van der Waals surface area contributed by atoms with E-state index in [-0.39, 0.29) is 29.6 Å². The highest BCUT2D eigenvalue weighted by Gasteiger charge is 2.51. The fourth-order valence-electron chi connectivity index (χ4n) is 4.72. The van der Waals surface area contributed by atoms with Crippen LogP contribution in [0.1, 0.15) is 38.4 Å². The molecule has 1 aromatic rings. The van der Waals surface area contributed by atoms with Gasteiger partial charge in [0.25, 0.3) is 0 Å². The molecule has 4 atom stereocenters. The summed E-state index contributed by atoms with van der Waals surface area (Å²) in [5, 5.41) is 0.711. The van der Waals surface area contributed by atoms with Crippen molar-refractivity contribution in [3.05, 3.63) is 28.8 Å². The Morgan fingerprint density at radius 2 is 2.24 bits per heavy atom. The first-order chi connectivity index (χ1) is 11.8.